The van der Waals surface area contributed by atoms with Gasteiger partial charge in [0.1, 0.15) is 28.8 Å². The average molecular weight is 533 g/mol. The summed E-state index contributed by atoms with van der Waals surface area (Å²) in [6, 6.07) is 8.30. The number of nitrogens with one attached hydrogen (secondary N) is 2. The molecule has 1 aromatic carbocycles. The van der Waals surface area contributed by atoms with E-state index in [1.54, 1.807) is 16.9 Å². The molecule has 0 unspecified atom stereocenters. The van der Waals surface area contributed by atoms with Gasteiger partial charge in [0.15, 0.2) is 5.65 Å². The van der Waals surface area contributed by atoms with Gasteiger partial charge in [-0.2, -0.15) is 5.10 Å². The van der Waals surface area contributed by atoms with Crippen molar-refractivity contribution < 1.29 is 18.3 Å². The predicted octanol–water partition coefficient (Wildman–Crippen LogP) is 3.29. The van der Waals surface area contributed by atoms with Crippen molar-refractivity contribution in [1.29, 1.82) is 0 Å². The first-order valence-corrected chi connectivity index (χ1v) is 12.6. The number of benzene rings is 1. The highest BCUT2D eigenvalue weighted by Gasteiger charge is 2.30. The topological polar surface area (TPSA) is 126 Å². The van der Waals surface area contributed by atoms with Crippen LogP contribution in [0.2, 0.25) is 0 Å². The lowest BCUT2D eigenvalue weighted by Crippen LogP contribution is -2.58. The van der Waals surface area contributed by atoms with E-state index in [1.807, 2.05) is 36.2 Å². The summed E-state index contributed by atoms with van der Waals surface area (Å²) in [5, 5.41) is 15.2. The van der Waals surface area contributed by atoms with E-state index in [4.69, 9.17) is 15.5 Å². The zero-order valence-corrected chi connectivity index (χ0v) is 21.1. The largest absolute Gasteiger partial charge is 0.492 e. The number of H-pyrrole nitrogens is 1. The molecule has 0 spiro atoms. The quantitative estimate of drug-likeness (QED) is 0.306. The molecule has 0 aliphatic carbocycles. The minimum atomic E-state index is -0.906. The molecule has 5 heterocycles. The van der Waals surface area contributed by atoms with Gasteiger partial charge in [0.25, 0.3) is 5.91 Å². The Hall–Kier alpha value is -4.58. The maximum Gasteiger partial charge on any atom is 0.257 e. The fourth-order valence-electron chi connectivity index (χ4n) is 5.06. The molecule has 4 N–H and O–H groups in total. The van der Waals surface area contributed by atoms with Crippen molar-refractivity contribution in [2.24, 2.45) is 5.73 Å². The number of hydrogen-bond donors (Lipinski definition) is 3. The van der Waals surface area contributed by atoms with Crippen molar-refractivity contribution >= 4 is 28.3 Å². The highest BCUT2D eigenvalue weighted by atomic mass is 19.1. The minimum absolute atomic E-state index is 0.416. The molecule has 1 fully saturated rings. The second kappa shape index (κ2) is 9.95. The minimum Gasteiger partial charge on any atom is -0.492 e. The number of fused-ring (bicyclic) bond motifs is 3. The number of nitrogens with zero attached hydrogens (tertiary/aromatic N) is 5. The number of ether oxygens (including phenoxy) is 1. The lowest BCUT2D eigenvalue weighted by molar-refractivity contribution is 0.0917. The smallest absolute Gasteiger partial charge is 0.257 e. The molecule has 200 valence electrons. The van der Waals surface area contributed by atoms with Crippen LogP contribution in [0.1, 0.15) is 23.7 Å². The molecule has 10 nitrogen and oxygen atoms in total. The van der Waals surface area contributed by atoms with Crippen molar-refractivity contribution in [2.75, 3.05) is 24.6 Å². The maximum atomic E-state index is 14.0. The van der Waals surface area contributed by atoms with Gasteiger partial charge in [0.05, 0.1) is 29.9 Å². The van der Waals surface area contributed by atoms with Crippen LogP contribution in [0.5, 0.6) is 5.75 Å². The molecule has 2 atom stereocenters. The van der Waals surface area contributed by atoms with Crippen LogP contribution < -0.4 is 20.7 Å². The van der Waals surface area contributed by atoms with Crippen LogP contribution in [0.25, 0.3) is 27.7 Å². The monoisotopic (exact) mass is 532 g/mol. The third-order valence-corrected chi connectivity index (χ3v) is 6.96. The van der Waals surface area contributed by atoms with Gasteiger partial charge < -0.3 is 20.7 Å². The van der Waals surface area contributed by atoms with Crippen LogP contribution >= 0.6 is 0 Å². The molecule has 1 amide bonds. The van der Waals surface area contributed by atoms with Crippen molar-refractivity contribution in [3.63, 3.8) is 0 Å². The molecule has 0 radical (unpaired) electrons. The predicted molar refractivity (Wildman–Crippen MR) is 142 cm³/mol. The van der Waals surface area contributed by atoms with Crippen molar-refractivity contribution in [2.45, 2.75) is 25.4 Å². The molecule has 12 heteroatoms. The Morgan fingerprint density at radius 1 is 1.23 bits per heavy atom. The summed E-state index contributed by atoms with van der Waals surface area (Å²) in [4.78, 5) is 19.3. The number of pyridine rings is 2. The number of carbonyl (C=O) groups excluding carboxylic acids is 1. The number of piperidine rings is 1. The number of rotatable bonds is 6. The van der Waals surface area contributed by atoms with E-state index < -0.39 is 35.2 Å². The van der Waals surface area contributed by atoms with Gasteiger partial charge in [-0.05, 0) is 43.7 Å². The third kappa shape index (κ3) is 4.52. The Morgan fingerprint density at radius 2 is 2.05 bits per heavy atom. The zero-order chi connectivity index (χ0) is 27.1. The van der Waals surface area contributed by atoms with Gasteiger partial charge in [0, 0.05) is 42.5 Å². The maximum absolute atomic E-state index is 14.0. The van der Waals surface area contributed by atoms with Crippen molar-refractivity contribution in [3.8, 4) is 16.9 Å². The average Bonchev–Trinajstić information content (AvgIpc) is 3.51. The number of halogens is 2. The second-order valence-electron chi connectivity index (χ2n) is 9.43. The summed E-state index contributed by atoms with van der Waals surface area (Å²) in [6.07, 6.45) is 5.87. The number of anilines is 1. The number of carbonyl (C=O) groups is 1. The van der Waals surface area contributed by atoms with E-state index in [1.165, 1.54) is 6.07 Å². The van der Waals surface area contributed by atoms with Gasteiger partial charge in [-0.3, -0.25) is 9.89 Å². The van der Waals surface area contributed by atoms with Crippen LogP contribution in [0.15, 0.2) is 55.0 Å². The lowest BCUT2D eigenvalue weighted by Gasteiger charge is -2.37. The fraction of sp³-hybridized carbons (Fsp3) is 0.259. The first kappa shape index (κ1) is 24.7. The molecule has 4 aromatic heterocycles. The van der Waals surface area contributed by atoms with Gasteiger partial charge in [-0.15, -0.1) is 5.10 Å². The highest BCUT2D eigenvalue weighted by molar-refractivity contribution is 6.01. The number of amides is 1. The number of aromatic nitrogens is 5. The molecule has 0 bridgehead atoms. The highest BCUT2D eigenvalue weighted by Crippen LogP contribution is 2.33. The number of hydrogen-bond acceptors (Lipinski definition) is 7. The van der Waals surface area contributed by atoms with Crippen LogP contribution in [-0.4, -0.2) is 62.5 Å². The van der Waals surface area contributed by atoms with E-state index in [2.05, 4.69) is 20.6 Å². The molecule has 39 heavy (non-hydrogen) atoms. The first-order valence-electron chi connectivity index (χ1n) is 12.6. The molecule has 1 aliphatic rings. The van der Waals surface area contributed by atoms with E-state index in [-0.39, 0.29) is 0 Å². The molecule has 5 aromatic rings. The van der Waals surface area contributed by atoms with Gasteiger partial charge in [0.2, 0.25) is 0 Å². The Bertz CT molecular complexity index is 1650. The lowest BCUT2D eigenvalue weighted by atomic mass is 9.99. The summed E-state index contributed by atoms with van der Waals surface area (Å²) in [7, 11) is 0. The summed E-state index contributed by atoms with van der Waals surface area (Å²) in [5.41, 5.74) is 9.12. The summed E-state index contributed by atoms with van der Waals surface area (Å²) in [6.45, 7) is 3.43. The number of nitrogens with two attached hydrogens (primary N) is 1. The Balaban J connectivity index is 1.20. The summed E-state index contributed by atoms with van der Waals surface area (Å²) < 4.78 is 35.6. The first-order chi connectivity index (χ1) is 18.9. The zero-order valence-electron chi connectivity index (χ0n) is 21.1. The summed E-state index contributed by atoms with van der Waals surface area (Å²) >= 11 is 0. The van der Waals surface area contributed by atoms with Crippen LogP contribution in [0.4, 0.5) is 14.6 Å². The number of aromatic amines is 1. The second-order valence-corrected chi connectivity index (χ2v) is 9.43. The van der Waals surface area contributed by atoms with Crippen molar-refractivity contribution in [3.05, 3.63) is 72.2 Å². The summed E-state index contributed by atoms with van der Waals surface area (Å²) in [5.74, 6) is -1.20. The van der Waals surface area contributed by atoms with Crippen LogP contribution in [0.3, 0.4) is 0 Å². The Morgan fingerprint density at radius 3 is 2.77 bits per heavy atom. The van der Waals surface area contributed by atoms with E-state index >= 15 is 0 Å². The molecule has 1 saturated heterocycles. The molecule has 0 saturated carbocycles. The molecule has 6 rings (SSSR count). The van der Waals surface area contributed by atoms with Gasteiger partial charge >= 0.3 is 0 Å². The Labute approximate surface area is 221 Å². The van der Waals surface area contributed by atoms with E-state index in [9.17, 15) is 13.6 Å². The van der Waals surface area contributed by atoms with Crippen LogP contribution in [-0.2, 0) is 0 Å². The normalized spacial score (nSPS) is 17.6. The van der Waals surface area contributed by atoms with E-state index in [0.29, 0.717) is 37.5 Å². The SMILES string of the molecule is CCOc1cc(-c2ccc(N3CC[C@H](NC(=O)c4c(F)cccc4F)[C@H](N)C3)nc2)c2c3cn[nH]c3nn2c1. The third-order valence-electron chi connectivity index (χ3n) is 6.96. The van der Waals surface area contributed by atoms with Crippen LogP contribution in [0, 0.1) is 11.6 Å². The molecular weight excluding hydrogens is 506 g/mol. The van der Waals surface area contributed by atoms with E-state index in [0.717, 1.165) is 40.0 Å². The van der Waals surface area contributed by atoms with Gasteiger partial charge in [-0.1, -0.05) is 6.07 Å². The standard InChI is InChI=1S/C27H26F2N8O2/c1-2-39-16-10-17(25-18-12-32-34-26(18)35-37(25)13-16)15-6-7-23(31-11-15)36-9-8-22(21(30)14-36)33-27(38)24-19(28)4-3-5-20(24)29/h3-7,10-13,21-22H,2,8-9,14,30H2,1H3,(H,33,38)(H,34,35)/t21-,22+/m1/s1. The van der Waals surface area contributed by atoms with Crippen molar-refractivity contribution in [1.82, 2.24) is 30.1 Å². The molecule has 1 aliphatic heterocycles. The Kier molecular flexibility index (Phi) is 6.31. The fourth-order valence-corrected chi connectivity index (χ4v) is 5.06. The molecular formula is C27H26F2N8O2. The van der Waals surface area contributed by atoms with Gasteiger partial charge in [-0.25, -0.2) is 18.3 Å².